The van der Waals surface area contributed by atoms with Crippen molar-refractivity contribution < 1.29 is 4.79 Å². The summed E-state index contributed by atoms with van der Waals surface area (Å²) in [6.07, 6.45) is 0. The van der Waals surface area contributed by atoms with Gasteiger partial charge in [-0.15, -0.1) is 0 Å². The Hall–Kier alpha value is -0.780. The Labute approximate surface area is 91.4 Å². The molecule has 3 nitrogen and oxygen atoms in total. The molecule has 2 N–H and O–H groups in total. The molecule has 0 bridgehead atoms. The van der Waals surface area contributed by atoms with E-state index in [0.29, 0.717) is 6.54 Å². The van der Waals surface area contributed by atoms with Crippen LogP contribution in [-0.4, -0.2) is 6.03 Å². The summed E-state index contributed by atoms with van der Waals surface area (Å²) in [5.41, 5.74) is 2.33. The van der Waals surface area contributed by atoms with Crippen LogP contribution in [0.3, 0.4) is 0 Å². The topological polar surface area (TPSA) is 41.1 Å². The van der Waals surface area contributed by atoms with Crippen LogP contribution in [0.15, 0.2) is 24.3 Å². The van der Waals surface area contributed by atoms with E-state index in [-0.39, 0.29) is 6.03 Å². The molecule has 0 aliphatic rings. The van der Waals surface area contributed by atoms with Crippen molar-refractivity contribution in [1.29, 1.82) is 0 Å². The number of rotatable bonds is 2. The molecule has 0 heterocycles. The van der Waals surface area contributed by atoms with Crippen LogP contribution in [0.2, 0.25) is 0 Å². The first-order chi connectivity index (χ1) is 6.22. The highest BCUT2D eigenvalue weighted by Crippen LogP contribution is 2.02. The standard InChI is InChI=1S/C9H11IN2O/c1-7-2-4-8(5-3-7)6-11-9(13)12-10/h2-5H,6H2,1H3,(H2,11,12,13). The van der Waals surface area contributed by atoms with Gasteiger partial charge in [0.25, 0.3) is 0 Å². The van der Waals surface area contributed by atoms with Crippen LogP contribution in [-0.2, 0) is 6.54 Å². The smallest absolute Gasteiger partial charge is 0.323 e. The fraction of sp³-hybridized carbons (Fsp3) is 0.222. The highest BCUT2D eigenvalue weighted by atomic mass is 127. The molecule has 70 valence electrons. The summed E-state index contributed by atoms with van der Waals surface area (Å²) in [6, 6.07) is 7.89. The van der Waals surface area contributed by atoms with Crippen molar-refractivity contribution in [2.45, 2.75) is 13.5 Å². The van der Waals surface area contributed by atoms with Gasteiger partial charge in [-0.25, -0.2) is 4.79 Å². The van der Waals surface area contributed by atoms with Crippen molar-refractivity contribution in [3.63, 3.8) is 0 Å². The Bertz CT molecular complexity index is 284. The predicted molar refractivity (Wildman–Crippen MR) is 60.6 cm³/mol. The molecule has 2 amide bonds. The van der Waals surface area contributed by atoms with Gasteiger partial charge in [0, 0.05) is 6.54 Å². The van der Waals surface area contributed by atoms with Crippen LogP contribution >= 0.6 is 22.9 Å². The zero-order valence-electron chi connectivity index (χ0n) is 7.30. The molecular weight excluding hydrogens is 279 g/mol. The van der Waals surface area contributed by atoms with Gasteiger partial charge in [-0.05, 0) is 12.5 Å². The third-order valence-electron chi connectivity index (χ3n) is 1.66. The molecule has 0 spiro atoms. The number of amides is 2. The molecule has 0 aliphatic heterocycles. The summed E-state index contributed by atoms with van der Waals surface area (Å²) in [7, 11) is 0. The second kappa shape index (κ2) is 5.06. The molecule has 4 heteroatoms. The second-order valence-corrected chi connectivity index (χ2v) is 3.30. The van der Waals surface area contributed by atoms with Crippen LogP contribution in [0.25, 0.3) is 0 Å². The Morgan fingerprint density at radius 1 is 1.38 bits per heavy atom. The van der Waals surface area contributed by atoms with Gasteiger partial charge < -0.3 is 5.32 Å². The van der Waals surface area contributed by atoms with Crippen LogP contribution in [0, 0.1) is 6.92 Å². The summed E-state index contributed by atoms with van der Waals surface area (Å²) in [5, 5.41) is 2.71. The molecule has 0 aromatic heterocycles. The Kier molecular flexibility index (Phi) is 4.01. The summed E-state index contributed by atoms with van der Waals surface area (Å²) in [4.78, 5) is 10.8. The predicted octanol–water partition coefficient (Wildman–Crippen LogP) is 2.14. The first-order valence-electron chi connectivity index (χ1n) is 3.92. The van der Waals surface area contributed by atoms with Crippen molar-refractivity contribution in [3.8, 4) is 0 Å². The van der Waals surface area contributed by atoms with Gasteiger partial charge in [0.1, 0.15) is 0 Å². The number of halogens is 1. The van der Waals surface area contributed by atoms with Crippen molar-refractivity contribution >= 4 is 28.9 Å². The Morgan fingerprint density at radius 2 is 2.00 bits per heavy atom. The fourth-order valence-electron chi connectivity index (χ4n) is 0.922. The van der Waals surface area contributed by atoms with Gasteiger partial charge in [-0.2, -0.15) is 0 Å². The van der Waals surface area contributed by atoms with E-state index in [2.05, 4.69) is 8.85 Å². The number of carbonyl (C=O) groups excluding carboxylic acids is 1. The Balaban J connectivity index is 2.46. The third-order valence-corrected chi connectivity index (χ3v) is 2.15. The number of benzene rings is 1. The van der Waals surface area contributed by atoms with E-state index in [9.17, 15) is 4.79 Å². The maximum Gasteiger partial charge on any atom is 0.323 e. The van der Waals surface area contributed by atoms with E-state index < -0.39 is 0 Å². The summed E-state index contributed by atoms with van der Waals surface area (Å²) in [6.45, 7) is 2.60. The average molecular weight is 290 g/mol. The Morgan fingerprint density at radius 3 is 2.54 bits per heavy atom. The van der Waals surface area contributed by atoms with E-state index >= 15 is 0 Å². The molecule has 0 saturated heterocycles. The van der Waals surface area contributed by atoms with Gasteiger partial charge >= 0.3 is 6.03 Å². The number of aryl methyl sites for hydroxylation is 1. The van der Waals surface area contributed by atoms with Crippen molar-refractivity contribution in [3.05, 3.63) is 35.4 Å². The van der Waals surface area contributed by atoms with E-state index in [4.69, 9.17) is 0 Å². The highest BCUT2D eigenvalue weighted by molar-refractivity contribution is 14.1. The lowest BCUT2D eigenvalue weighted by atomic mass is 10.1. The van der Waals surface area contributed by atoms with Gasteiger partial charge in [0.2, 0.25) is 0 Å². The number of urea groups is 1. The summed E-state index contributed by atoms with van der Waals surface area (Å²) < 4.78 is 2.47. The molecule has 0 radical (unpaired) electrons. The normalized spacial score (nSPS) is 9.38. The molecule has 0 atom stereocenters. The maximum atomic E-state index is 10.8. The minimum Gasteiger partial charge on any atom is -0.333 e. The minimum absolute atomic E-state index is 0.166. The van der Waals surface area contributed by atoms with E-state index in [0.717, 1.165) is 5.56 Å². The van der Waals surface area contributed by atoms with Crippen LogP contribution in [0.4, 0.5) is 4.79 Å². The lowest BCUT2D eigenvalue weighted by Crippen LogP contribution is -2.28. The zero-order valence-corrected chi connectivity index (χ0v) is 9.46. The van der Waals surface area contributed by atoms with E-state index in [1.807, 2.05) is 31.2 Å². The number of hydrogen-bond acceptors (Lipinski definition) is 1. The highest BCUT2D eigenvalue weighted by Gasteiger charge is 1.96. The molecule has 0 unspecified atom stereocenters. The molecule has 1 aromatic rings. The van der Waals surface area contributed by atoms with Gasteiger partial charge in [0.15, 0.2) is 0 Å². The van der Waals surface area contributed by atoms with Crippen molar-refractivity contribution in [2.24, 2.45) is 0 Å². The number of carbonyl (C=O) groups is 1. The second-order valence-electron chi connectivity index (χ2n) is 2.76. The first-order valence-corrected chi connectivity index (χ1v) is 5.00. The van der Waals surface area contributed by atoms with Crippen LogP contribution in [0.5, 0.6) is 0 Å². The van der Waals surface area contributed by atoms with E-state index in [1.165, 1.54) is 5.56 Å². The largest absolute Gasteiger partial charge is 0.333 e. The molecule has 0 saturated carbocycles. The molecule has 0 aliphatic carbocycles. The van der Waals surface area contributed by atoms with Gasteiger partial charge in [-0.3, -0.25) is 3.53 Å². The molecule has 1 aromatic carbocycles. The summed E-state index contributed by atoms with van der Waals surface area (Å²) >= 11 is 1.80. The molecule has 1 rings (SSSR count). The zero-order chi connectivity index (χ0) is 9.68. The van der Waals surface area contributed by atoms with Gasteiger partial charge in [-0.1, -0.05) is 29.8 Å². The maximum absolute atomic E-state index is 10.8. The number of nitrogens with one attached hydrogen (secondary N) is 2. The fourth-order valence-corrected chi connectivity index (χ4v) is 1.11. The summed E-state index contributed by atoms with van der Waals surface area (Å²) in [5.74, 6) is 0. The molecule has 13 heavy (non-hydrogen) atoms. The average Bonchev–Trinajstić information content (AvgIpc) is 2.16. The van der Waals surface area contributed by atoms with Crippen molar-refractivity contribution in [2.75, 3.05) is 0 Å². The van der Waals surface area contributed by atoms with Gasteiger partial charge in [0.05, 0.1) is 22.9 Å². The third kappa shape index (κ3) is 3.63. The van der Waals surface area contributed by atoms with E-state index in [1.54, 1.807) is 22.9 Å². The minimum atomic E-state index is -0.166. The molecular formula is C9H11IN2O. The monoisotopic (exact) mass is 290 g/mol. The van der Waals surface area contributed by atoms with Crippen molar-refractivity contribution in [1.82, 2.24) is 8.85 Å². The van der Waals surface area contributed by atoms with Crippen LogP contribution < -0.4 is 8.85 Å². The quantitative estimate of drug-likeness (QED) is 0.636. The lowest BCUT2D eigenvalue weighted by Gasteiger charge is -2.03. The number of hydrogen-bond donors (Lipinski definition) is 2. The lowest BCUT2D eigenvalue weighted by molar-refractivity contribution is 0.247. The first kappa shape index (κ1) is 10.3. The molecule has 0 fully saturated rings. The SMILES string of the molecule is Cc1ccc(CNC(=O)NI)cc1. The van der Waals surface area contributed by atoms with Crippen LogP contribution in [0.1, 0.15) is 11.1 Å².